The van der Waals surface area contributed by atoms with Crippen LogP contribution in [0.5, 0.6) is 0 Å². The van der Waals surface area contributed by atoms with E-state index >= 15 is 0 Å². The first-order valence-corrected chi connectivity index (χ1v) is 8.68. The highest BCUT2D eigenvalue weighted by molar-refractivity contribution is 7.14. The van der Waals surface area contributed by atoms with Gasteiger partial charge in [0.15, 0.2) is 0 Å². The molecule has 23 heavy (non-hydrogen) atoms. The molecule has 5 nitrogen and oxygen atoms in total. The zero-order chi connectivity index (χ0) is 16.2. The molecule has 0 aliphatic rings. The van der Waals surface area contributed by atoms with Crippen molar-refractivity contribution >= 4 is 46.1 Å². The van der Waals surface area contributed by atoms with Crippen molar-refractivity contribution in [2.45, 2.75) is 0 Å². The molecule has 8 heteroatoms. The van der Waals surface area contributed by atoms with Crippen molar-refractivity contribution in [3.8, 4) is 10.6 Å². The average Bonchev–Trinajstić information content (AvgIpc) is 3.23. The fourth-order valence-corrected chi connectivity index (χ4v) is 3.39. The number of nitrogens with one attached hydrogen (secondary N) is 2. The second kappa shape index (κ2) is 6.91. The van der Waals surface area contributed by atoms with Gasteiger partial charge in [0.1, 0.15) is 10.7 Å². The predicted molar refractivity (Wildman–Crippen MR) is 91.8 cm³/mol. The highest BCUT2D eigenvalue weighted by Gasteiger charge is 2.13. The smallest absolute Gasteiger partial charge is 0.267 e. The summed E-state index contributed by atoms with van der Waals surface area (Å²) in [4.78, 5) is 28.2. The molecule has 3 aromatic rings. The molecule has 0 bridgehead atoms. The number of aromatic nitrogens is 1. The third-order valence-electron chi connectivity index (χ3n) is 2.90. The maximum atomic E-state index is 12.0. The molecule has 0 fully saturated rings. The first-order chi connectivity index (χ1) is 11.1. The molecule has 0 unspecified atom stereocenters. The van der Waals surface area contributed by atoms with Crippen molar-refractivity contribution in [1.82, 2.24) is 15.8 Å². The largest absolute Gasteiger partial charge is 0.289 e. The van der Waals surface area contributed by atoms with Gasteiger partial charge in [-0.3, -0.25) is 20.4 Å². The van der Waals surface area contributed by atoms with Crippen LogP contribution in [0.15, 0.2) is 46.5 Å². The molecule has 2 heterocycles. The minimum atomic E-state index is -0.468. The lowest BCUT2D eigenvalue weighted by Gasteiger charge is -2.05. The van der Waals surface area contributed by atoms with Crippen molar-refractivity contribution in [3.63, 3.8) is 0 Å². The fourth-order valence-electron chi connectivity index (χ4n) is 1.75. The van der Waals surface area contributed by atoms with Crippen LogP contribution in [0.4, 0.5) is 0 Å². The van der Waals surface area contributed by atoms with Gasteiger partial charge in [0.25, 0.3) is 11.8 Å². The van der Waals surface area contributed by atoms with Gasteiger partial charge in [-0.2, -0.15) is 11.3 Å². The van der Waals surface area contributed by atoms with Gasteiger partial charge >= 0.3 is 0 Å². The Morgan fingerprint density at radius 3 is 2.43 bits per heavy atom. The molecule has 0 radical (unpaired) electrons. The van der Waals surface area contributed by atoms with E-state index in [0.29, 0.717) is 10.6 Å². The van der Waals surface area contributed by atoms with E-state index in [2.05, 4.69) is 15.8 Å². The van der Waals surface area contributed by atoms with E-state index in [1.807, 2.05) is 16.8 Å². The van der Waals surface area contributed by atoms with E-state index in [4.69, 9.17) is 11.6 Å². The summed E-state index contributed by atoms with van der Waals surface area (Å²) in [7, 11) is 0. The van der Waals surface area contributed by atoms with Crippen LogP contribution in [-0.4, -0.2) is 16.8 Å². The molecule has 0 aliphatic carbocycles. The van der Waals surface area contributed by atoms with Crippen LogP contribution in [0, 0.1) is 0 Å². The summed E-state index contributed by atoms with van der Waals surface area (Å²) in [6, 6.07) is 8.29. The molecule has 0 atom stereocenters. The Labute approximate surface area is 144 Å². The van der Waals surface area contributed by atoms with E-state index < -0.39 is 11.8 Å². The van der Waals surface area contributed by atoms with Crippen LogP contribution in [0.3, 0.4) is 0 Å². The minimum Gasteiger partial charge on any atom is -0.267 e. The van der Waals surface area contributed by atoms with Gasteiger partial charge in [-0.15, -0.1) is 11.3 Å². The van der Waals surface area contributed by atoms with Crippen molar-refractivity contribution in [2.75, 3.05) is 0 Å². The van der Waals surface area contributed by atoms with Crippen molar-refractivity contribution < 1.29 is 9.59 Å². The molecule has 3 rings (SSSR count). The number of benzene rings is 1. The first-order valence-electron chi connectivity index (χ1n) is 6.48. The molecule has 0 spiro atoms. The van der Waals surface area contributed by atoms with Gasteiger partial charge in [0, 0.05) is 26.9 Å². The van der Waals surface area contributed by atoms with Gasteiger partial charge in [-0.05, 0) is 35.7 Å². The number of hydrazine groups is 1. The summed E-state index contributed by atoms with van der Waals surface area (Å²) >= 11 is 8.70. The summed E-state index contributed by atoms with van der Waals surface area (Å²) in [6.07, 6.45) is 0. The molecule has 0 saturated carbocycles. The number of carbonyl (C=O) groups excluding carboxylic acids is 2. The number of amides is 2. The number of hydrogen-bond acceptors (Lipinski definition) is 5. The third-order valence-corrected chi connectivity index (χ3v) is 4.73. The zero-order valence-corrected chi connectivity index (χ0v) is 14.0. The lowest BCUT2D eigenvalue weighted by Crippen LogP contribution is -2.41. The number of nitrogens with zero attached hydrogens (tertiary/aromatic N) is 1. The summed E-state index contributed by atoms with van der Waals surface area (Å²) in [6.45, 7) is 0. The van der Waals surface area contributed by atoms with E-state index in [9.17, 15) is 9.59 Å². The summed E-state index contributed by atoms with van der Waals surface area (Å²) < 4.78 is 0. The van der Waals surface area contributed by atoms with E-state index in [-0.39, 0.29) is 5.69 Å². The SMILES string of the molecule is O=C(NNC(=O)c1csc(-c2ccsc2)n1)c1ccc(Cl)cc1. The summed E-state index contributed by atoms with van der Waals surface area (Å²) in [5.41, 5.74) is 6.32. The third kappa shape index (κ3) is 3.76. The van der Waals surface area contributed by atoms with Gasteiger partial charge in [-0.1, -0.05) is 11.6 Å². The Hall–Kier alpha value is -2.22. The highest BCUT2D eigenvalue weighted by Crippen LogP contribution is 2.25. The average molecular weight is 364 g/mol. The molecular formula is C15H10ClN3O2S2. The Balaban J connectivity index is 1.61. The monoisotopic (exact) mass is 363 g/mol. The number of hydrogen-bond donors (Lipinski definition) is 2. The molecule has 0 saturated heterocycles. The Morgan fingerprint density at radius 2 is 1.74 bits per heavy atom. The van der Waals surface area contributed by atoms with Crippen LogP contribution in [0.1, 0.15) is 20.8 Å². The number of carbonyl (C=O) groups is 2. The van der Waals surface area contributed by atoms with Crippen LogP contribution in [-0.2, 0) is 0 Å². The maximum Gasteiger partial charge on any atom is 0.289 e. The molecule has 2 aromatic heterocycles. The number of halogens is 1. The van der Waals surface area contributed by atoms with Crippen LogP contribution >= 0.6 is 34.3 Å². The topological polar surface area (TPSA) is 71.1 Å². The second-order valence-corrected chi connectivity index (χ2v) is 6.54. The normalized spacial score (nSPS) is 10.3. The van der Waals surface area contributed by atoms with Crippen LogP contribution in [0.2, 0.25) is 5.02 Å². The lowest BCUT2D eigenvalue weighted by atomic mass is 10.2. The Bertz CT molecular complexity index is 829. The highest BCUT2D eigenvalue weighted by atomic mass is 35.5. The van der Waals surface area contributed by atoms with Crippen LogP contribution < -0.4 is 10.9 Å². The predicted octanol–water partition coefficient (Wildman–Crippen LogP) is 3.60. The molecule has 116 valence electrons. The number of thiophene rings is 1. The second-order valence-electron chi connectivity index (χ2n) is 4.47. The van der Waals surface area contributed by atoms with E-state index in [1.54, 1.807) is 41.0 Å². The molecule has 1 aromatic carbocycles. The Morgan fingerprint density at radius 1 is 1.00 bits per heavy atom. The Kier molecular flexibility index (Phi) is 4.71. The number of rotatable bonds is 3. The molecular weight excluding hydrogens is 354 g/mol. The fraction of sp³-hybridized carbons (Fsp3) is 0. The first kappa shape index (κ1) is 15.7. The lowest BCUT2D eigenvalue weighted by molar-refractivity contribution is 0.0844. The van der Waals surface area contributed by atoms with Crippen LogP contribution in [0.25, 0.3) is 10.6 Å². The standard InChI is InChI=1S/C15H10ClN3O2S2/c16-11-3-1-9(2-4-11)13(20)18-19-14(21)12-8-23-15(17-12)10-5-6-22-7-10/h1-8H,(H,18,20)(H,19,21). The van der Waals surface area contributed by atoms with Gasteiger partial charge in [0.05, 0.1) is 0 Å². The summed E-state index contributed by atoms with van der Waals surface area (Å²) in [5.74, 6) is -0.895. The zero-order valence-electron chi connectivity index (χ0n) is 11.6. The van der Waals surface area contributed by atoms with Gasteiger partial charge in [-0.25, -0.2) is 4.98 Å². The molecule has 0 aliphatic heterocycles. The van der Waals surface area contributed by atoms with Gasteiger partial charge < -0.3 is 0 Å². The van der Waals surface area contributed by atoms with Gasteiger partial charge in [0.2, 0.25) is 0 Å². The summed E-state index contributed by atoms with van der Waals surface area (Å²) in [5, 5.41) is 6.86. The quantitative estimate of drug-likeness (QED) is 0.698. The van der Waals surface area contributed by atoms with Crippen molar-refractivity contribution in [2.24, 2.45) is 0 Å². The van der Waals surface area contributed by atoms with Crippen molar-refractivity contribution in [1.29, 1.82) is 0 Å². The minimum absolute atomic E-state index is 0.257. The van der Waals surface area contributed by atoms with E-state index in [1.165, 1.54) is 11.3 Å². The molecule has 2 amide bonds. The number of thiazole rings is 1. The molecule has 2 N–H and O–H groups in total. The van der Waals surface area contributed by atoms with E-state index in [0.717, 1.165) is 10.6 Å². The van der Waals surface area contributed by atoms with Crippen molar-refractivity contribution in [3.05, 3.63) is 62.8 Å². The maximum absolute atomic E-state index is 12.0.